The van der Waals surface area contributed by atoms with Crippen LogP contribution in [0.25, 0.3) is 0 Å². The van der Waals surface area contributed by atoms with Gasteiger partial charge in [0.1, 0.15) is 11.8 Å². The molecule has 120 valence electrons. The summed E-state index contributed by atoms with van der Waals surface area (Å²) < 4.78 is 9.00. The molecule has 0 aromatic heterocycles. The number of carboxylic acid groups (broad SMARTS) is 1. The van der Waals surface area contributed by atoms with Gasteiger partial charge in [-0.25, -0.2) is 0 Å². The van der Waals surface area contributed by atoms with Gasteiger partial charge in [-0.05, 0) is 0 Å². The van der Waals surface area contributed by atoms with Crippen LogP contribution in [0.5, 0.6) is 0 Å². The van der Waals surface area contributed by atoms with Gasteiger partial charge in [0, 0.05) is 5.75 Å². The molecule has 0 spiro atoms. The molecule has 0 radical (unpaired) electrons. The van der Waals surface area contributed by atoms with Crippen molar-refractivity contribution in [3.05, 3.63) is 0 Å². The summed E-state index contributed by atoms with van der Waals surface area (Å²) in [5.41, 5.74) is 5.56. The predicted molar refractivity (Wildman–Crippen MR) is 73.5 cm³/mol. The SMILES string of the molecule is COC(=O)CC(SC[C@H](N)C(=O)NCC(=O)O)C(=O)OC. The number of amides is 1. The summed E-state index contributed by atoms with van der Waals surface area (Å²) in [4.78, 5) is 44.4. The summed E-state index contributed by atoms with van der Waals surface area (Å²) in [7, 11) is 2.36. The third-order valence-electron chi connectivity index (χ3n) is 2.27. The van der Waals surface area contributed by atoms with Crippen molar-refractivity contribution in [2.24, 2.45) is 5.73 Å². The molecule has 0 saturated heterocycles. The Labute approximate surface area is 125 Å². The lowest BCUT2D eigenvalue weighted by molar-refractivity contribution is -0.146. The van der Waals surface area contributed by atoms with Crippen molar-refractivity contribution >= 4 is 35.6 Å². The Morgan fingerprint density at radius 2 is 1.86 bits per heavy atom. The minimum absolute atomic E-state index is 0.0161. The zero-order valence-electron chi connectivity index (χ0n) is 11.7. The number of carbonyl (C=O) groups excluding carboxylic acids is 3. The zero-order chi connectivity index (χ0) is 16.4. The smallest absolute Gasteiger partial charge is 0.322 e. The van der Waals surface area contributed by atoms with E-state index in [4.69, 9.17) is 10.8 Å². The average molecular weight is 322 g/mol. The molecule has 0 bridgehead atoms. The first-order chi connectivity index (χ1) is 9.81. The largest absolute Gasteiger partial charge is 0.480 e. The maximum atomic E-state index is 11.5. The highest BCUT2D eigenvalue weighted by molar-refractivity contribution is 8.00. The number of carboxylic acids is 1. The summed E-state index contributed by atoms with van der Waals surface area (Å²) in [6.45, 7) is -0.542. The molecule has 0 saturated carbocycles. The number of carbonyl (C=O) groups is 4. The van der Waals surface area contributed by atoms with E-state index in [1.165, 1.54) is 14.2 Å². The number of ether oxygens (including phenoxy) is 2. The van der Waals surface area contributed by atoms with Gasteiger partial charge in [0.15, 0.2) is 0 Å². The van der Waals surface area contributed by atoms with Crippen LogP contribution in [0.3, 0.4) is 0 Å². The number of nitrogens with one attached hydrogen (secondary N) is 1. The van der Waals surface area contributed by atoms with Crippen molar-refractivity contribution in [1.29, 1.82) is 0 Å². The first-order valence-electron chi connectivity index (χ1n) is 5.83. The molecule has 0 aliphatic heterocycles. The van der Waals surface area contributed by atoms with E-state index >= 15 is 0 Å². The summed E-state index contributed by atoms with van der Waals surface area (Å²) in [5, 5.41) is 9.69. The van der Waals surface area contributed by atoms with Crippen LogP contribution in [0, 0.1) is 0 Å². The third-order valence-corrected chi connectivity index (χ3v) is 3.58. The Morgan fingerprint density at radius 1 is 1.24 bits per heavy atom. The van der Waals surface area contributed by atoms with Crippen molar-refractivity contribution in [3.8, 4) is 0 Å². The van der Waals surface area contributed by atoms with Gasteiger partial charge < -0.3 is 25.6 Å². The zero-order valence-corrected chi connectivity index (χ0v) is 12.5. The molecule has 0 aromatic rings. The molecule has 21 heavy (non-hydrogen) atoms. The summed E-state index contributed by atoms with van der Waals surface area (Å²) in [6, 6.07) is -1.01. The van der Waals surface area contributed by atoms with Crippen molar-refractivity contribution < 1.29 is 33.8 Å². The van der Waals surface area contributed by atoms with E-state index in [1.807, 2.05) is 0 Å². The van der Waals surface area contributed by atoms with Gasteiger partial charge in [-0.15, -0.1) is 11.8 Å². The summed E-state index contributed by atoms with van der Waals surface area (Å²) >= 11 is 0.960. The third kappa shape index (κ3) is 8.15. The van der Waals surface area contributed by atoms with Crippen LogP contribution >= 0.6 is 11.8 Å². The first kappa shape index (κ1) is 19.2. The van der Waals surface area contributed by atoms with Gasteiger partial charge in [-0.1, -0.05) is 0 Å². The molecule has 0 rings (SSSR count). The topological polar surface area (TPSA) is 145 Å². The molecule has 2 atom stereocenters. The van der Waals surface area contributed by atoms with Crippen LogP contribution in [0.2, 0.25) is 0 Å². The monoisotopic (exact) mass is 322 g/mol. The fraction of sp³-hybridized carbons (Fsp3) is 0.636. The van der Waals surface area contributed by atoms with E-state index in [0.717, 1.165) is 11.8 Å². The second kappa shape index (κ2) is 10.00. The van der Waals surface area contributed by atoms with E-state index in [1.54, 1.807) is 0 Å². The Bertz CT molecular complexity index is 402. The van der Waals surface area contributed by atoms with E-state index in [-0.39, 0.29) is 12.2 Å². The molecule has 0 aliphatic rings. The molecule has 4 N–H and O–H groups in total. The molecule has 0 aromatic carbocycles. The number of thioether (sulfide) groups is 1. The maximum absolute atomic E-state index is 11.5. The minimum Gasteiger partial charge on any atom is -0.480 e. The number of nitrogens with two attached hydrogens (primary N) is 1. The molecule has 1 unspecified atom stereocenters. The molecule has 9 nitrogen and oxygen atoms in total. The minimum atomic E-state index is -1.19. The Hall–Kier alpha value is -1.81. The van der Waals surface area contributed by atoms with Crippen LogP contribution in [-0.2, 0) is 28.7 Å². The van der Waals surface area contributed by atoms with Crippen LogP contribution in [0.1, 0.15) is 6.42 Å². The van der Waals surface area contributed by atoms with Crippen LogP contribution in [0.15, 0.2) is 0 Å². The van der Waals surface area contributed by atoms with E-state index < -0.39 is 41.7 Å². The standard InChI is InChI=1S/C11H18N2O7S/c1-19-9(16)3-7(11(18)20-2)21-5-6(12)10(17)13-4-8(14)15/h6-7H,3-5,12H2,1-2H3,(H,13,17)(H,14,15)/t6-,7?/m0/s1. The first-order valence-corrected chi connectivity index (χ1v) is 6.88. The quantitative estimate of drug-likeness (QED) is 0.425. The van der Waals surface area contributed by atoms with Crippen LogP contribution < -0.4 is 11.1 Å². The highest BCUT2D eigenvalue weighted by atomic mass is 32.2. The van der Waals surface area contributed by atoms with Crippen molar-refractivity contribution in [3.63, 3.8) is 0 Å². The van der Waals surface area contributed by atoms with Crippen molar-refractivity contribution in [2.75, 3.05) is 26.5 Å². The van der Waals surface area contributed by atoms with Gasteiger partial charge in [-0.3, -0.25) is 19.2 Å². The molecule has 0 aliphatic carbocycles. The fourth-order valence-corrected chi connectivity index (χ4v) is 2.24. The molecule has 10 heteroatoms. The average Bonchev–Trinajstić information content (AvgIpc) is 2.47. The lowest BCUT2D eigenvalue weighted by Gasteiger charge is -2.16. The van der Waals surface area contributed by atoms with Crippen LogP contribution in [0.4, 0.5) is 0 Å². The lowest BCUT2D eigenvalue weighted by atomic mass is 10.3. The number of hydrogen-bond acceptors (Lipinski definition) is 8. The van der Waals surface area contributed by atoms with E-state index in [9.17, 15) is 19.2 Å². The number of rotatable bonds is 9. The fourth-order valence-electron chi connectivity index (χ4n) is 1.17. The molecule has 0 heterocycles. The Balaban J connectivity index is 4.39. The number of aliphatic carboxylic acids is 1. The second-order valence-corrected chi connectivity index (χ2v) is 5.08. The molecular formula is C11H18N2O7S. The predicted octanol–water partition coefficient (Wildman–Crippen LogP) is -1.65. The lowest BCUT2D eigenvalue weighted by Crippen LogP contribution is -2.44. The Kier molecular flexibility index (Phi) is 9.13. The number of methoxy groups -OCH3 is 2. The second-order valence-electron chi connectivity index (χ2n) is 3.84. The summed E-state index contributed by atoms with van der Waals surface area (Å²) in [6.07, 6.45) is -0.211. The molecule has 1 amide bonds. The summed E-state index contributed by atoms with van der Waals surface area (Å²) in [5.74, 6) is -3.07. The number of esters is 2. The molecular weight excluding hydrogens is 304 g/mol. The van der Waals surface area contributed by atoms with Gasteiger partial charge in [-0.2, -0.15) is 0 Å². The normalized spacial score (nSPS) is 12.9. The van der Waals surface area contributed by atoms with Gasteiger partial charge in [0.05, 0.1) is 26.7 Å². The number of hydrogen-bond donors (Lipinski definition) is 3. The van der Waals surface area contributed by atoms with Gasteiger partial charge >= 0.3 is 17.9 Å². The highest BCUT2D eigenvalue weighted by Crippen LogP contribution is 2.17. The van der Waals surface area contributed by atoms with Crippen molar-refractivity contribution in [1.82, 2.24) is 5.32 Å². The van der Waals surface area contributed by atoms with Crippen LogP contribution in [-0.4, -0.2) is 66.7 Å². The highest BCUT2D eigenvalue weighted by Gasteiger charge is 2.26. The molecule has 0 fully saturated rings. The maximum Gasteiger partial charge on any atom is 0.322 e. The van der Waals surface area contributed by atoms with Crippen molar-refractivity contribution in [2.45, 2.75) is 17.7 Å². The van der Waals surface area contributed by atoms with E-state index in [0.29, 0.717) is 0 Å². The van der Waals surface area contributed by atoms with E-state index in [2.05, 4.69) is 14.8 Å². The van der Waals surface area contributed by atoms with Gasteiger partial charge in [0.25, 0.3) is 0 Å². The Morgan fingerprint density at radius 3 is 2.33 bits per heavy atom. The van der Waals surface area contributed by atoms with Gasteiger partial charge in [0.2, 0.25) is 5.91 Å².